The minimum atomic E-state index is -2.09. The van der Waals surface area contributed by atoms with E-state index in [9.17, 15) is 24.3 Å². The fraction of sp³-hybridized carbons (Fsp3) is 0.714. The Morgan fingerprint density at radius 3 is 2.59 bits per heavy atom. The first kappa shape index (κ1) is 28.1. The highest BCUT2D eigenvalue weighted by molar-refractivity contribution is 6.01. The highest BCUT2D eigenvalue weighted by atomic mass is 19.1. The molecular weight excluding hydrogens is 513 g/mol. The van der Waals surface area contributed by atoms with E-state index in [1.165, 1.54) is 12.2 Å². The van der Waals surface area contributed by atoms with Crippen LogP contribution >= 0.6 is 0 Å². The maximum Gasteiger partial charge on any atom is 0.321 e. The number of hydrogen-bond acceptors (Lipinski definition) is 9. The standard InChI is InChI=1S/C28H36FNO9/c1-24(2)38-21-10-17-16-6-5-14-9-15(31)7-8-25(14,3)27(16,29)19(32)12-26(17,4)28(21,39-24)20(33)13-37-22(34)11-18(30)23(35)36/h7-9,16-19,21,32H,5-6,10-13,30H2,1-4H3,(H,35,36)/t16-,17-,18?,19-,21+,25-,26-,27-,28+/m0/s1. The molecule has 0 aromatic heterocycles. The molecule has 4 N–H and O–H groups in total. The van der Waals surface area contributed by atoms with Gasteiger partial charge in [-0.05, 0) is 64.5 Å². The first-order chi connectivity index (χ1) is 18.0. The summed E-state index contributed by atoms with van der Waals surface area (Å²) in [7, 11) is 0. The Morgan fingerprint density at radius 1 is 1.23 bits per heavy atom. The van der Waals surface area contributed by atoms with E-state index < -0.39 is 88.7 Å². The molecule has 0 radical (unpaired) electrons. The SMILES string of the molecule is CC1(C)O[C@@H]2C[C@H]3[C@@H]4CCC5=CC(=O)C=C[C@]5(C)[C@@]4(F)[C@@H](O)C[C@]3(C)[C@]2(C(=O)COC(=O)CC(N)C(=O)O)O1. The number of ether oxygens (including phenoxy) is 3. The van der Waals surface area contributed by atoms with Crippen LogP contribution in [-0.2, 0) is 33.4 Å². The number of carboxylic acids is 1. The van der Waals surface area contributed by atoms with E-state index in [-0.39, 0.29) is 12.2 Å². The Bertz CT molecular complexity index is 1200. The highest BCUT2D eigenvalue weighted by Gasteiger charge is 2.80. The lowest BCUT2D eigenvalue weighted by Gasteiger charge is -2.62. The van der Waals surface area contributed by atoms with Crippen LogP contribution < -0.4 is 5.73 Å². The molecule has 0 spiro atoms. The second-order valence-corrected chi connectivity index (χ2v) is 12.6. The van der Waals surface area contributed by atoms with Gasteiger partial charge in [0, 0.05) is 16.7 Å². The molecule has 0 aromatic carbocycles. The smallest absolute Gasteiger partial charge is 0.321 e. The number of Topliss-reactive ketones (excluding diaryl/α,β-unsaturated/α-hetero) is 1. The normalized spacial score (nSPS) is 44.4. The predicted octanol–water partition coefficient (Wildman–Crippen LogP) is 1.77. The Kier molecular flexibility index (Phi) is 6.31. The Hall–Kier alpha value is -2.47. The number of carbonyl (C=O) groups is 4. The fourth-order valence-electron chi connectivity index (χ4n) is 8.39. The number of alkyl halides is 1. The molecule has 11 heteroatoms. The highest BCUT2D eigenvalue weighted by Crippen LogP contribution is 2.72. The number of esters is 1. The lowest BCUT2D eigenvalue weighted by Crippen LogP contribution is -2.70. The number of fused-ring (bicyclic) bond motifs is 7. The van der Waals surface area contributed by atoms with E-state index in [0.717, 1.165) is 0 Å². The lowest BCUT2D eigenvalue weighted by atomic mass is 9.44. The molecule has 1 saturated heterocycles. The number of carbonyl (C=O) groups excluding carboxylic acids is 3. The van der Waals surface area contributed by atoms with Crippen molar-refractivity contribution < 1.29 is 48.0 Å². The van der Waals surface area contributed by atoms with Crippen LogP contribution in [0.5, 0.6) is 0 Å². The van der Waals surface area contributed by atoms with E-state index in [1.54, 1.807) is 33.8 Å². The zero-order chi connectivity index (χ0) is 28.8. The van der Waals surface area contributed by atoms with Crippen molar-refractivity contribution in [2.24, 2.45) is 28.4 Å². The summed E-state index contributed by atoms with van der Waals surface area (Å²) in [4.78, 5) is 49.2. The Balaban J connectivity index is 1.49. The molecule has 39 heavy (non-hydrogen) atoms. The Labute approximate surface area is 225 Å². The van der Waals surface area contributed by atoms with Gasteiger partial charge in [0.05, 0.1) is 18.6 Å². The number of hydrogen-bond donors (Lipinski definition) is 3. The first-order valence-corrected chi connectivity index (χ1v) is 13.4. The van der Waals surface area contributed by atoms with Gasteiger partial charge in [0.15, 0.2) is 29.4 Å². The summed E-state index contributed by atoms with van der Waals surface area (Å²) in [6.07, 6.45) is 2.53. The summed E-state index contributed by atoms with van der Waals surface area (Å²) in [6, 6.07) is -1.47. The molecule has 10 nitrogen and oxygen atoms in total. The maximum atomic E-state index is 17.4. The van der Waals surface area contributed by atoms with Crippen molar-refractivity contribution in [3.63, 3.8) is 0 Å². The van der Waals surface area contributed by atoms with Crippen LogP contribution in [0, 0.1) is 22.7 Å². The van der Waals surface area contributed by atoms with E-state index in [1.807, 2.05) is 0 Å². The number of aliphatic hydroxyl groups is 1. The third-order valence-corrected chi connectivity index (χ3v) is 10.1. The van der Waals surface area contributed by atoms with Gasteiger partial charge in [-0.1, -0.05) is 18.6 Å². The fourth-order valence-corrected chi connectivity index (χ4v) is 8.39. The second-order valence-electron chi connectivity index (χ2n) is 12.6. The molecule has 3 saturated carbocycles. The molecule has 214 valence electrons. The van der Waals surface area contributed by atoms with Crippen LogP contribution in [0.4, 0.5) is 4.39 Å². The van der Waals surface area contributed by atoms with Gasteiger partial charge >= 0.3 is 11.9 Å². The minimum Gasteiger partial charge on any atom is -0.480 e. The molecule has 0 bridgehead atoms. The summed E-state index contributed by atoms with van der Waals surface area (Å²) in [6.45, 7) is 6.14. The van der Waals surface area contributed by atoms with E-state index >= 15 is 4.39 Å². The van der Waals surface area contributed by atoms with Gasteiger partial charge in [0.2, 0.25) is 5.78 Å². The van der Waals surface area contributed by atoms with Gasteiger partial charge < -0.3 is 30.2 Å². The molecule has 1 aliphatic heterocycles. The van der Waals surface area contributed by atoms with Crippen LogP contribution in [0.2, 0.25) is 0 Å². The van der Waals surface area contributed by atoms with Gasteiger partial charge in [-0.25, -0.2) is 4.39 Å². The van der Waals surface area contributed by atoms with Crippen LogP contribution in [0.3, 0.4) is 0 Å². The summed E-state index contributed by atoms with van der Waals surface area (Å²) in [5, 5.41) is 20.5. The van der Waals surface area contributed by atoms with Gasteiger partial charge in [0.1, 0.15) is 6.04 Å². The van der Waals surface area contributed by atoms with E-state index in [2.05, 4.69) is 0 Å². The van der Waals surface area contributed by atoms with Crippen molar-refractivity contribution >= 4 is 23.5 Å². The Morgan fingerprint density at radius 2 is 1.92 bits per heavy atom. The number of aliphatic carboxylic acids is 1. The van der Waals surface area contributed by atoms with Crippen molar-refractivity contribution in [2.45, 2.75) is 95.1 Å². The largest absolute Gasteiger partial charge is 0.480 e. The summed E-state index contributed by atoms with van der Waals surface area (Å²) in [5.41, 5.74) is 0.0904. The van der Waals surface area contributed by atoms with E-state index in [4.69, 9.17) is 25.1 Å². The maximum absolute atomic E-state index is 17.4. The molecule has 1 heterocycles. The molecule has 4 aliphatic carbocycles. The number of ketones is 2. The number of aliphatic hydroxyl groups excluding tert-OH is 1. The first-order valence-electron chi connectivity index (χ1n) is 13.4. The van der Waals surface area contributed by atoms with Gasteiger partial charge in [-0.15, -0.1) is 0 Å². The van der Waals surface area contributed by atoms with Crippen molar-refractivity contribution in [2.75, 3.05) is 6.61 Å². The molecular formula is C28H36FNO9. The average molecular weight is 550 g/mol. The zero-order valence-electron chi connectivity index (χ0n) is 22.6. The predicted molar refractivity (Wildman–Crippen MR) is 133 cm³/mol. The van der Waals surface area contributed by atoms with Gasteiger partial charge in [-0.2, -0.15) is 0 Å². The van der Waals surface area contributed by atoms with Crippen LogP contribution in [-0.4, -0.2) is 75.6 Å². The number of carboxylic acid groups (broad SMARTS) is 1. The third-order valence-electron chi connectivity index (χ3n) is 10.1. The summed E-state index contributed by atoms with van der Waals surface area (Å²) >= 11 is 0. The molecule has 5 rings (SSSR count). The molecule has 9 atom stereocenters. The van der Waals surface area contributed by atoms with Crippen molar-refractivity contribution in [1.82, 2.24) is 0 Å². The topological polar surface area (TPSA) is 162 Å². The van der Waals surface area contributed by atoms with Crippen molar-refractivity contribution in [3.8, 4) is 0 Å². The van der Waals surface area contributed by atoms with Crippen molar-refractivity contribution in [3.05, 3.63) is 23.8 Å². The van der Waals surface area contributed by atoms with Crippen LogP contribution in [0.15, 0.2) is 23.8 Å². The van der Waals surface area contributed by atoms with Crippen molar-refractivity contribution in [1.29, 1.82) is 0 Å². The quantitative estimate of drug-likeness (QED) is 0.416. The number of nitrogens with two attached hydrogens (primary N) is 1. The van der Waals surface area contributed by atoms with Gasteiger partial charge in [0.25, 0.3) is 0 Å². The molecule has 0 amide bonds. The lowest BCUT2D eigenvalue weighted by molar-refractivity contribution is -0.246. The number of halogens is 1. The molecule has 1 unspecified atom stereocenters. The molecule has 5 aliphatic rings. The van der Waals surface area contributed by atoms with Crippen LogP contribution in [0.1, 0.15) is 59.8 Å². The third kappa shape index (κ3) is 3.73. The van der Waals surface area contributed by atoms with Gasteiger partial charge in [-0.3, -0.25) is 19.2 Å². The summed E-state index contributed by atoms with van der Waals surface area (Å²) in [5.74, 6) is -5.37. The monoisotopic (exact) mass is 549 g/mol. The number of allylic oxidation sites excluding steroid dienone is 4. The average Bonchev–Trinajstić information content (AvgIpc) is 3.25. The number of rotatable bonds is 6. The van der Waals surface area contributed by atoms with Crippen LogP contribution in [0.25, 0.3) is 0 Å². The molecule has 0 aromatic rings. The minimum absolute atomic E-state index is 0.116. The second kappa shape index (κ2) is 8.76. The zero-order valence-corrected chi connectivity index (χ0v) is 22.6. The summed E-state index contributed by atoms with van der Waals surface area (Å²) < 4.78 is 35.1. The van der Waals surface area contributed by atoms with E-state index in [0.29, 0.717) is 24.8 Å². The molecule has 4 fully saturated rings.